The van der Waals surface area contributed by atoms with Gasteiger partial charge in [-0.25, -0.2) is 28.5 Å². The Morgan fingerprint density at radius 3 is 2.31 bits per heavy atom. The topological polar surface area (TPSA) is 95.6 Å². The van der Waals surface area contributed by atoms with Gasteiger partial charge >= 0.3 is 18.3 Å². The van der Waals surface area contributed by atoms with Crippen molar-refractivity contribution in [3.8, 4) is 0 Å². The fourth-order valence-corrected chi connectivity index (χ4v) is 4.89. The van der Waals surface area contributed by atoms with Crippen molar-refractivity contribution in [3.05, 3.63) is 58.1 Å². The van der Waals surface area contributed by atoms with Gasteiger partial charge in [-0.3, -0.25) is 4.40 Å². The first-order valence-corrected chi connectivity index (χ1v) is 12.6. The second-order valence-electron chi connectivity index (χ2n) is 9.73. The van der Waals surface area contributed by atoms with Gasteiger partial charge in [0.2, 0.25) is 5.95 Å². The van der Waals surface area contributed by atoms with E-state index in [2.05, 4.69) is 20.3 Å². The van der Waals surface area contributed by atoms with E-state index in [4.69, 9.17) is 11.6 Å². The molecule has 1 aliphatic heterocycles. The second-order valence-corrected chi connectivity index (χ2v) is 10.1. The average Bonchev–Trinajstić information content (AvgIpc) is 3.35. The van der Waals surface area contributed by atoms with Gasteiger partial charge in [0.05, 0.1) is 22.8 Å². The maximum absolute atomic E-state index is 14.0. The molecule has 0 saturated carbocycles. The highest BCUT2D eigenvalue weighted by molar-refractivity contribution is 6.29. The van der Waals surface area contributed by atoms with Crippen LogP contribution in [0.5, 0.6) is 0 Å². The zero-order valence-electron chi connectivity index (χ0n) is 21.3. The van der Waals surface area contributed by atoms with Crippen LogP contribution < -0.4 is 10.2 Å². The minimum Gasteiger partial charge on any atom is -0.476 e. The summed E-state index contributed by atoms with van der Waals surface area (Å²) in [5.41, 5.74) is -4.15. The molecule has 0 amide bonds. The van der Waals surface area contributed by atoms with E-state index < -0.39 is 65.7 Å². The standard InChI is InChI=1S/C25H19ClF8N6O2/c1-11(35-15-2-3-17(26)37-19(15)21(41)42)13-8-12(24(29,30)31)9-14-18(13)38-22(39-6-4-23(27,28)5-7-39)40-10-16(25(32,33)34)36-20(14)40/h2-3,8-11,35H,4-7H2,1H3,(H,41,42)/t11-/m1/s1. The molecule has 224 valence electrons. The molecule has 1 saturated heterocycles. The maximum Gasteiger partial charge on any atom is 0.434 e. The number of imidazole rings is 1. The number of benzene rings is 1. The highest BCUT2D eigenvalue weighted by Gasteiger charge is 2.39. The van der Waals surface area contributed by atoms with Gasteiger partial charge in [0, 0.05) is 43.1 Å². The van der Waals surface area contributed by atoms with Crippen LogP contribution >= 0.6 is 11.6 Å². The van der Waals surface area contributed by atoms with Crippen LogP contribution in [0, 0.1) is 0 Å². The summed E-state index contributed by atoms with van der Waals surface area (Å²) in [6.45, 7) is 0.805. The Morgan fingerprint density at radius 1 is 1.05 bits per heavy atom. The van der Waals surface area contributed by atoms with E-state index in [-0.39, 0.29) is 46.3 Å². The second kappa shape index (κ2) is 10.1. The smallest absolute Gasteiger partial charge is 0.434 e. The number of piperidine rings is 1. The first-order chi connectivity index (χ1) is 19.4. The van der Waals surface area contributed by atoms with Crippen LogP contribution in [0.3, 0.4) is 0 Å². The molecule has 0 bridgehead atoms. The molecule has 1 atom stereocenters. The number of rotatable bonds is 5. The molecule has 3 aromatic heterocycles. The minimum atomic E-state index is -4.97. The molecule has 8 nitrogen and oxygen atoms in total. The Balaban J connectivity index is 1.76. The highest BCUT2D eigenvalue weighted by atomic mass is 35.5. The van der Waals surface area contributed by atoms with Crippen molar-refractivity contribution < 1.29 is 45.0 Å². The van der Waals surface area contributed by atoms with Crippen LogP contribution in [0.2, 0.25) is 5.15 Å². The van der Waals surface area contributed by atoms with Crippen LogP contribution in [-0.2, 0) is 12.4 Å². The predicted octanol–water partition coefficient (Wildman–Crippen LogP) is 7.08. The third-order valence-electron chi connectivity index (χ3n) is 6.81. The molecule has 0 aliphatic carbocycles. The molecule has 4 heterocycles. The van der Waals surface area contributed by atoms with E-state index in [0.717, 1.165) is 10.5 Å². The summed E-state index contributed by atoms with van der Waals surface area (Å²) in [6.07, 6.45) is -10.6. The van der Waals surface area contributed by atoms with Crippen molar-refractivity contribution in [3.63, 3.8) is 0 Å². The highest BCUT2D eigenvalue weighted by Crippen LogP contribution is 2.40. The lowest BCUT2D eigenvalue weighted by molar-refractivity contribution is -0.141. The molecule has 42 heavy (non-hydrogen) atoms. The van der Waals surface area contributed by atoms with Crippen molar-refractivity contribution in [2.24, 2.45) is 0 Å². The SMILES string of the molecule is C[C@@H](Nc1ccc(Cl)nc1C(=O)O)c1cc(C(F)(F)F)cc2c1nc(N1CCC(F)(F)CC1)n1cc(C(F)(F)F)nc21. The van der Waals surface area contributed by atoms with Crippen LogP contribution in [-0.4, -0.2) is 49.4 Å². The lowest BCUT2D eigenvalue weighted by atomic mass is 9.99. The molecule has 0 unspecified atom stereocenters. The van der Waals surface area contributed by atoms with Crippen molar-refractivity contribution in [2.75, 3.05) is 23.3 Å². The van der Waals surface area contributed by atoms with Gasteiger partial charge in [-0.1, -0.05) is 11.6 Å². The summed E-state index contributed by atoms with van der Waals surface area (Å²) >= 11 is 5.78. The zero-order chi connectivity index (χ0) is 30.8. The van der Waals surface area contributed by atoms with E-state index in [1.807, 2.05) is 0 Å². The molecule has 1 fully saturated rings. The number of fused-ring (bicyclic) bond motifs is 3. The van der Waals surface area contributed by atoms with Crippen LogP contribution in [0.15, 0.2) is 30.5 Å². The van der Waals surface area contributed by atoms with Crippen molar-refractivity contribution >= 4 is 45.8 Å². The van der Waals surface area contributed by atoms with E-state index in [9.17, 15) is 45.0 Å². The van der Waals surface area contributed by atoms with Gasteiger partial charge < -0.3 is 15.3 Å². The molecule has 4 aromatic rings. The predicted molar refractivity (Wildman–Crippen MR) is 135 cm³/mol. The number of carboxylic acid groups (broad SMARTS) is 1. The molecule has 1 aromatic carbocycles. The number of anilines is 2. The molecular weight excluding hydrogens is 604 g/mol. The molecule has 0 spiro atoms. The summed E-state index contributed by atoms with van der Waals surface area (Å²) in [7, 11) is 0. The van der Waals surface area contributed by atoms with Crippen LogP contribution in [0.1, 0.15) is 53.1 Å². The Labute approximate surface area is 235 Å². The fourth-order valence-electron chi connectivity index (χ4n) is 4.74. The quantitative estimate of drug-likeness (QED) is 0.181. The number of nitrogens with one attached hydrogen (secondary N) is 1. The number of aromatic carboxylic acids is 1. The Bertz CT molecular complexity index is 1690. The minimum absolute atomic E-state index is 0.107. The van der Waals surface area contributed by atoms with Gasteiger partial charge in [0.15, 0.2) is 11.4 Å². The molecule has 5 rings (SSSR count). The summed E-state index contributed by atoms with van der Waals surface area (Å²) in [4.78, 5) is 24.7. The summed E-state index contributed by atoms with van der Waals surface area (Å²) in [5.74, 6) is -4.70. The Morgan fingerprint density at radius 2 is 1.71 bits per heavy atom. The molecule has 0 radical (unpaired) electrons. The largest absolute Gasteiger partial charge is 0.476 e. The molecule has 2 N–H and O–H groups in total. The van der Waals surface area contributed by atoms with Crippen molar-refractivity contribution in [1.29, 1.82) is 0 Å². The normalized spacial score (nSPS) is 16.7. The number of nitrogens with zero attached hydrogens (tertiary/aromatic N) is 5. The third kappa shape index (κ3) is 5.58. The summed E-state index contributed by atoms with van der Waals surface area (Å²) < 4.78 is 112. The van der Waals surface area contributed by atoms with Gasteiger partial charge in [0.1, 0.15) is 10.8 Å². The number of carbonyl (C=O) groups is 1. The first kappa shape index (κ1) is 29.5. The molecule has 17 heteroatoms. The number of aromatic nitrogens is 4. The third-order valence-corrected chi connectivity index (χ3v) is 7.02. The van der Waals surface area contributed by atoms with Gasteiger partial charge in [-0.2, -0.15) is 26.3 Å². The first-order valence-electron chi connectivity index (χ1n) is 12.2. The van der Waals surface area contributed by atoms with E-state index in [1.165, 1.54) is 24.0 Å². The van der Waals surface area contributed by atoms with Crippen molar-refractivity contribution in [1.82, 2.24) is 19.4 Å². The van der Waals surface area contributed by atoms with E-state index in [1.54, 1.807) is 0 Å². The number of alkyl halides is 8. The number of halogens is 9. The maximum atomic E-state index is 14.0. The van der Waals surface area contributed by atoms with Crippen molar-refractivity contribution in [2.45, 2.75) is 44.1 Å². The molecular formula is C25H19ClF8N6O2. The number of pyridine rings is 1. The Kier molecular flexibility index (Phi) is 7.10. The average molecular weight is 623 g/mol. The van der Waals surface area contributed by atoms with E-state index in [0.29, 0.717) is 12.3 Å². The monoisotopic (exact) mass is 622 g/mol. The van der Waals surface area contributed by atoms with Gasteiger partial charge in [-0.05, 0) is 31.2 Å². The number of carboxylic acids is 1. The zero-order valence-corrected chi connectivity index (χ0v) is 22.0. The fraction of sp³-hybridized carbons (Fsp3) is 0.360. The lowest BCUT2D eigenvalue weighted by Crippen LogP contribution is -2.40. The lowest BCUT2D eigenvalue weighted by Gasteiger charge is -2.33. The molecule has 1 aliphatic rings. The Hall–Kier alpha value is -3.95. The van der Waals surface area contributed by atoms with Crippen LogP contribution in [0.25, 0.3) is 16.6 Å². The van der Waals surface area contributed by atoms with Crippen LogP contribution in [0.4, 0.5) is 46.8 Å². The summed E-state index contributed by atoms with van der Waals surface area (Å²) in [5, 5.41) is 11.7. The number of hydrogen-bond donors (Lipinski definition) is 2. The number of hydrogen-bond acceptors (Lipinski definition) is 6. The van der Waals surface area contributed by atoms with Gasteiger partial charge in [-0.15, -0.1) is 0 Å². The summed E-state index contributed by atoms with van der Waals surface area (Å²) in [6, 6.07) is 2.72. The van der Waals surface area contributed by atoms with Gasteiger partial charge in [0.25, 0.3) is 5.92 Å². The van der Waals surface area contributed by atoms with E-state index >= 15 is 0 Å².